The molecular weight excluding hydrogens is 350 g/mol. The first-order valence-electron chi connectivity index (χ1n) is 9.20. The molecule has 0 unspecified atom stereocenters. The fraction of sp³-hybridized carbons (Fsp3) is 0.579. The molecular formula is C19H27N3O5. The normalized spacial score (nSPS) is 17.4. The second-order valence-corrected chi connectivity index (χ2v) is 7.71. The van der Waals surface area contributed by atoms with Gasteiger partial charge in [-0.25, -0.2) is 4.79 Å². The summed E-state index contributed by atoms with van der Waals surface area (Å²) >= 11 is 0. The van der Waals surface area contributed by atoms with Crippen molar-refractivity contribution in [3.05, 3.63) is 18.2 Å². The number of nitrogens with zero attached hydrogens (tertiary/aromatic N) is 2. The van der Waals surface area contributed by atoms with Gasteiger partial charge in [0.25, 0.3) is 0 Å². The number of benzene rings is 1. The lowest BCUT2D eigenvalue weighted by Gasteiger charge is -2.26. The molecule has 2 aliphatic heterocycles. The van der Waals surface area contributed by atoms with Crippen LogP contribution in [-0.4, -0.2) is 66.9 Å². The first kappa shape index (κ1) is 19.3. The van der Waals surface area contributed by atoms with Crippen molar-refractivity contribution in [2.24, 2.45) is 0 Å². The molecule has 1 aromatic rings. The molecule has 0 aliphatic carbocycles. The van der Waals surface area contributed by atoms with Crippen LogP contribution in [0.4, 0.5) is 10.5 Å². The van der Waals surface area contributed by atoms with Crippen LogP contribution < -0.4 is 14.8 Å². The molecule has 2 amide bonds. The monoisotopic (exact) mass is 377 g/mol. The maximum atomic E-state index is 12.4. The van der Waals surface area contributed by atoms with Crippen molar-refractivity contribution in [2.75, 3.05) is 44.8 Å². The Morgan fingerprint density at radius 3 is 2.67 bits per heavy atom. The number of carbonyl (C=O) groups excluding carboxylic acids is 2. The van der Waals surface area contributed by atoms with E-state index in [9.17, 15) is 9.59 Å². The Morgan fingerprint density at radius 2 is 1.89 bits per heavy atom. The number of hydrogen-bond acceptors (Lipinski definition) is 6. The fourth-order valence-electron chi connectivity index (χ4n) is 3.02. The Morgan fingerprint density at radius 1 is 1.11 bits per heavy atom. The zero-order valence-corrected chi connectivity index (χ0v) is 16.1. The highest BCUT2D eigenvalue weighted by atomic mass is 16.7. The number of anilines is 1. The van der Waals surface area contributed by atoms with Crippen molar-refractivity contribution in [3.8, 4) is 11.5 Å². The highest BCUT2D eigenvalue weighted by molar-refractivity contribution is 5.92. The molecule has 8 nitrogen and oxygen atoms in total. The smallest absolute Gasteiger partial charge is 0.410 e. The van der Waals surface area contributed by atoms with Gasteiger partial charge < -0.3 is 24.4 Å². The van der Waals surface area contributed by atoms with Gasteiger partial charge in [0.2, 0.25) is 12.7 Å². The minimum absolute atomic E-state index is 0.0976. The van der Waals surface area contributed by atoms with E-state index in [1.807, 2.05) is 25.7 Å². The minimum atomic E-state index is -0.506. The van der Waals surface area contributed by atoms with Crippen LogP contribution in [0.5, 0.6) is 11.5 Å². The van der Waals surface area contributed by atoms with Crippen LogP contribution in [0.1, 0.15) is 27.2 Å². The summed E-state index contributed by atoms with van der Waals surface area (Å²) < 4.78 is 16.0. The predicted molar refractivity (Wildman–Crippen MR) is 100 cm³/mol. The summed E-state index contributed by atoms with van der Waals surface area (Å²) in [6, 6.07) is 5.33. The molecule has 2 heterocycles. The Labute approximate surface area is 159 Å². The van der Waals surface area contributed by atoms with Gasteiger partial charge in [-0.3, -0.25) is 9.69 Å². The second-order valence-electron chi connectivity index (χ2n) is 7.71. The van der Waals surface area contributed by atoms with E-state index in [4.69, 9.17) is 14.2 Å². The molecule has 8 heteroatoms. The van der Waals surface area contributed by atoms with Gasteiger partial charge in [-0.05, 0) is 39.3 Å². The summed E-state index contributed by atoms with van der Waals surface area (Å²) in [5, 5.41) is 2.88. The van der Waals surface area contributed by atoms with Crippen molar-refractivity contribution in [3.63, 3.8) is 0 Å². The molecule has 1 N–H and O–H groups in total. The van der Waals surface area contributed by atoms with E-state index in [0.29, 0.717) is 36.8 Å². The molecule has 2 aliphatic rings. The molecule has 1 fully saturated rings. The van der Waals surface area contributed by atoms with Gasteiger partial charge in [0, 0.05) is 37.9 Å². The Kier molecular flexibility index (Phi) is 5.74. The molecule has 0 saturated carbocycles. The van der Waals surface area contributed by atoms with E-state index in [2.05, 4.69) is 5.32 Å². The fourth-order valence-corrected chi connectivity index (χ4v) is 3.02. The van der Waals surface area contributed by atoms with Crippen LogP contribution in [0, 0.1) is 0 Å². The number of fused-ring (bicyclic) bond motifs is 1. The Hall–Kier alpha value is -2.48. The summed E-state index contributed by atoms with van der Waals surface area (Å²) in [7, 11) is 0. The van der Waals surface area contributed by atoms with Crippen molar-refractivity contribution < 1.29 is 23.8 Å². The topological polar surface area (TPSA) is 80.3 Å². The Bertz CT molecular complexity index is 701. The first-order valence-corrected chi connectivity index (χ1v) is 9.20. The van der Waals surface area contributed by atoms with Crippen LogP contribution >= 0.6 is 0 Å². The highest BCUT2D eigenvalue weighted by Gasteiger charge is 2.25. The average Bonchev–Trinajstić information content (AvgIpc) is 2.91. The number of carbonyl (C=O) groups is 2. The van der Waals surface area contributed by atoms with Crippen molar-refractivity contribution in [1.82, 2.24) is 9.80 Å². The van der Waals surface area contributed by atoms with Gasteiger partial charge in [-0.15, -0.1) is 0 Å². The quantitative estimate of drug-likeness (QED) is 0.871. The maximum absolute atomic E-state index is 12.4. The van der Waals surface area contributed by atoms with Crippen molar-refractivity contribution in [1.29, 1.82) is 0 Å². The highest BCUT2D eigenvalue weighted by Crippen LogP contribution is 2.34. The van der Waals surface area contributed by atoms with Crippen LogP contribution in [0.2, 0.25) is 0 Å². The summed E-state index contributed by atoms with van der Waals surface area (Å²) in [6.45, 7) is 8.62. The van der Waals surface area contributed by atoms with Gasteiger partial charge in [0.1, 0.15) is 5.60 Å². The van der Waals surface area contributed by atoms with Gasteiger partial charge in [-0.1, -0.05) is 0 Å². The van der Waals surface area contributed by atoms with Crippen LogP contribution in [-0.2, 0) is 9.53 Å². The van der Waals surface area contributed by atoms with Gasteiger partial charge in [-0.2, -0.15) is 0 Å². The standard InChI is InChI=1S/C19H27N3O5/c1-19(2,3)27-18(24)22-8-4-7-21(9-10-22)12-17(23)20-14-5-6-15-16(11-14)26-13-25-15/h5-6,11H,4,7-10,12-13H2,1-3H3,(H,20,23). The molecule has 0 spiro atoms. The molecule has 0 radical (unpaired) electrons. The molecule has 1 saturated heterocycles. The van der Waals surface area contributed by atoms with Gasteiger partial charge in [0.05, 0.1) is 6.54 Å². The van der Waals surface area contributed by atoms with E-state index >= 15 is 0 Å². The molecule has 148 valence electrons. The third-order valence-electron chi connectivity index (χ3n) is 4.26. The van der Waals surface area contributed by atoms with Gasteiger partial charge >= 0.3 is 6.09 Å². The molecule has 1 aromatic carbocycles. The molecule has 0 bridgehead atoms. The summed E-state index contributed by atoms with van der Waals surface area (Å²) in [4.78, 5) is 28.3. The average molecular weight is 377 g/mol. The maximum Gasteiger partial charge on any atom is 0.410 e. The largest absolute Gasteiger partial charge is 0.454 e. The number of rotatable bonds is 3. The van der Waals surface area contributed by atoms with E-state index in [0.717, 1.165) is 13.0 Å². The van der Waals surface area contributed by atoms with Gasteiger partial charge in [0.15, 0.2) is 11.5 Å². The zero-order valence-electron chi connectivity index (χ0n) is 16.1. The summed E-state index contributed by atoms with van der Waals surface area (Å²) in [6.07, 6.45) is 0.505. The lowest BCUT2D eigenvalue weighted by Crippen LogP contribution is -2.40. The third kappa shape index (κ3) is 5.50. The van der Waals surface area contributed by atoms with Crippen molar-refractivity contribution >= 4 is 17.7 Å². The number of hydrogen-bond donors (Lipinski definition) is 1. The van der Waals surface area contributed by atoms with E-state index < -0.39 is 5.60 Å². The minimum Gasteiger partial charge on any atom is -0.454 e. The van der Waals surface area contributed by atoms with E-state index in [1.165, 1.54) is 0 Å². The lowest BCUT2D eigenvalue weighted by atomic mass is 10.2. The number of amides is 2. The second kappa shape index (κ2) is 8.04. The molecule has 0 aromatic heterocycles. The van der Waals surface area contributed by atoms with Crippen LogP contribution in [0.25, 0.3) is 0 Å². The van der Waals surface area contributed by atoms with E-state index in [1.54, 1.807) is 23.1 Å². The lowest BCUT2D eigenvalue weighted by molar-refractivity contribution is -0.117. The van der Waals surface area contributed by atoms with E-state index in [-0.39, 0.29) is 25.3 Å². The van der Waals surface area contributed by atoms with Crippen LogP contribution in [0.3, 0.4) is 0 Å². The zero-order chi connectivity index (χ0) is 19.4. The third-order valence-corrected chi connectivity index (χ3v) is 4.26. The predicted octanol–water partition coefficient (Wildman–Crippen LogP) is 2.30. The number of nitrogens with one attached hydrogen (secondary N) is 1. The first-order chi connectivity index (χ1) is 12.8. The molecule has 27 heavy (non-hydrogen) atoms. The summed E-state index contributed by atoms with van der Waals surface area (Å²) in [5.41, 5.74) is 0.169. The summed E-state index contributed by atoms with van der Waals surface area (Å²) in [5.74, 6) is 1.22. The molecule has 3 rings (SSSR count). The number of ether oxygens (including phenoxy) is 3. The van der Waals surface area contributed by atoms with Crippen LogP contribution in [0.15, 0.2) is 18.2 Å². The Balaban J connectivity index is 1.48. The SMILES string of the molecule is CC(C)(C)OC(=O)N1CCCN(CC(=O)Nc2ccc3c(c2)OCO3)CC1. The van der Waals surface area contributed by atoms with Crippen molar-refractivity contribution in [2.45, 2.75) is 32.8 Å². The molecule has 0 atom stereocenters.